The molecule has 0 radical (unpaired) electrons. The van der Waals surface area contributed by atoms with E-state index in [1.54, 1.807) is 26.8 Å². The highest BCUT2D eigenvalue weighted by molar-refractivity contribution is 7.92. The number of nitrogens with one attached hydrogen (secondary N) is 1. The average molecular weight is 523 g/mol. The van der Waals surface area contributed by atoms with Crippen LogP contribution in [0.25, 0.3) is 0 Å². The van der Waals surface area contributed by atoms with E-state index in [-0.39, 0.29) is 22.6 Å². The molecule has 0 saturated carbocycles. The third kappa shape index (κ3) is 5.00. The zero-order valence-corrected chi connectivity index (χ0v) is 19.7. The van der Waals surface area contributed by atoms with Gasteiger partial charge in [-0.25, -0.2) is 17.2 Å². The number of fused-ring (bicyclic) bond motifs is 1. The van der Waals surface area contributed by atoms with Gasteiger partial charge >= 0.3 is 5.51 Å². The van der Waals surface area contributed by atoms with E-state index in [0.29, 0.717) is 6.07 Å². The van der Waals surface area contributed by atoms with Gasteiger partial charge in [-0.1, -0.05) is 0 Å². The molecule has 0 aromatic heterocycles. The predicted octanol–water partition coefficient (Wildman–Crippen LogP) is 4.77. The van der Waals surface area contributed by atoms with Gasteiger partial charge in [0.2, 0.25) is 0 Å². The van der Waals surface area contributed by atoms with Crippen LogP contribution in [0.5, 0.6) is 11.5 Å². The summed E-state index contributed by atoms with van der Waals surface area (Å²) in [5.74, 6) is -1.25. The molecule has 184 valence electrons. The normalized spacial score (nSPS) is 19.4. The van der Waals surface area contributed by atoms with Gasteiger partial charge < -0.3 is 9.29 Å². The molecule has 1 aliphatic carbocycles. The van der Waals surface area contributed by atoms with E-state index in [2.05, 4.69) is 4.72 Å². The standard InChI is InChI=1S/C21H19F5N2O4S2/c1-20(2,3)33(29)28-19-15(23)9-14-16(32-13-7-11(10-27)6-12(22)8-13)4-5-17(18(14)19)34(30,31)21(24,25)26/h4-8,15,19,28H,9H2,1-3H3/t15-,19+,33?/m0/s1. The summed E-state index contributed by atoms with van der Waals surface area (Å²) in [7, 11) is -5.90. The van der Waals surface area contributed by atoms with Crippen LogP contribution in [0.4, 0.5) is 22.0 Å². The van der Waals surface area contributed by atoms with Crippen molar-refractivity contribution in [3.63, 3.8) is 0 Å². The number of halogens is 5. The Bertz CT molecular complexity index is 1250. The lowest BCUT2D eigenvalue weighted by molar-refractivity contribution is -0.0436. The molecule has 0 fully saturated rings. The van der Waals surface area contributed by atoms with E-state index < -0.39 is 66.4 Å². The first kappa shape index (κ1) is 26.2. The Hall–Kier alpha value is -2.40. The van der Waals surface area contributed by atoms with E-state index in [1.165, 1.54) is 0 Å². The summed E-state index contributed by atoms with van der Waals surface area (Å²) < 4.78 is 113. The van der Waals surface area contributed by atoms with Gasteiger partial charge in [0, 0.05) is 35.0 Å². The van der Waals surface area contributed by atoms with Crippen molar-refractivity contribution in [3.05, 3.63) is 52.8 Å². The van der Waals surface area contributed by atoms with E-state index in [9.17, 15) is 30.5 Å². The maximum Gasteiger partial charge on any atom is 0.501 e. The van der Waals surface area contributed by atoms with Crippen molar-refractivity contribution in [1.82, 2.24) is 4.72 Å². The van der Waals surface area contributed by atoms with Gasteiger partial charge in [0.15, 0.2) is 0 Å². The molecule has 0 heterocycles. The van der Waals surface area contributed by atoms with Crippen LogP contribution in [0.1, 0.15) is 43.5 Å². The summed E-state index contributed by atoms with van der Waals surface area (Å²) in [6, 6.07) is 4.58. The Balaban J connectivity index is 2.19. The average Bonchev–Trinajstić information content (AvgIpc) is 3.02. The number of hydrogen-bond acceptors (Lipinski definition) is 6. The SMILES string of the molecule is CC(C)(C)[S+]([O-])N[C@H]1c2c(S(=O)(=O)C(F)(F)F)ccc(Oc3cc(F)cc(C#N)c3)c2C[C@@H]1F. The molecular weight excluding hydrogens is 503 g/mol. The van der Waals surface area contributed by atoms with E-state index in [1.807, 2.05) is 0 Å². The molecule has 3 atom stereocenters. The first-order valence-electron chi connectivity index (χ1n) is 9.74. The van der Waals surface area contributed by atoms with Gasteiger partial charge in [0.1, 0.15) is 34.3 Å². The molecule has 0 saturated heterocycles. The molecule has 3 rings (SSSR count). The molecule has 0 spiro atoms. The van der Waals surface area contributed by atoms with Gasteiger partial charge in [0.05, 0.1) is 16.5 Å². The lowest BCUT2D eigenvalue weighted by Gasteiger charge is -2.28. The molecule has 1 aliphatic rings. The topological polar surface area (TPSA) is 102 Å². The van der Waals surface area contributed by atoms with Crippen LogP contribution < -0.4 is 9.46 Å². The Morgan fingerprint density at radius 1 is 1.21 bits per heavy atom. The molecule has 2 aromatic carbocycles. The van der Waals surface area contributed by atoms with Crippen LogP contribution in [-0.4, -0.2) is 29.4 Å². The van der Waals surface area contributed by atoms with Gasteiger partial charge in [-0.05, 0) is 45.0 Å². The fraction of sp³-hybridized carbons (Fsp3) is 0.381. The number of nitriles is 1. The molecule has 0 amide bonds. The van der Waals surface area contributed by atoms with Crippen molar-refractivity contribution in [2.45, 2.75) is 54.6 Å². The first-order valence-corrected chi connectivity index (χ1v) is 12.4. The van der Waals surface area contributed by atoms with Crippen molar-refractivity contribution in [2.24, 2.45) is 0 Å². The van der Waals surface area contributed by atoms with Gasteiger partial charge in [0.25, 0.3) is 9.84 Å². The second-order valence-corrected chi connectivity index (χ2v) is 12.4. The zero-order valence-electron chi connectivity index (χ0n) is 18.0. The van der Waals surface area contributed by atoms with Crippen molar-refractivity contribution >= 4 is 21.2 Å². The van der Waals surface area contributed by atoms with Crippen LogP contribution in [0, 0.1) is 17.1 Å². The summed E-state index contributed by atoms with van der Waals surface area (Å²) in [5.41, 5.74) is -6.54. The highest BCUT2D eigenvalue weighted by atomic mass is 32.2. The molecular formula is C21H19F5N2O4S2. The second-order valence-electron chi connectivity index (χ2n) is 8.49. The van der Waals surface area contributed by atoms with Crippen molar-refractivity contribution in [2.75, 3.05) is 0 Å². The summed E-state index contributed by atoms with van der Waals surface area (Å²) in [4.78, 5) is -1.19. The van der Waals surface area contributed by atoms with Gasteiger partial charge in [-0.15, -0.1) is 4.72 Å². The fourth-order valence-corrected chi connectivity index (χ4v) is 5.25. The zero-order chi connectivity index (χ0) is 25.6. The highest BCUT2D eigenvalue weighted by Gasteiger charge is 2.52. The Kier molecular flexibility index (Phi) is 6.93. The predicted molar refractivity (Wildman–Crippen MR) is 113 cm³/mol. The van der Waals surface area contributed by atoms with E-state index >= 15 is 4.39 Å². The third-order valence-electron chi connectivity index (χ3n) is 4.96. The fourth-order valence-electron chi connectivity index (χ4n) is 3.36. The van der Waals surface area contributed by atoms with E-state index in [0.717, 1.165) is 24.3 Å². The summed E-state index contributed by atoms with van der Waals surface area (Å²) >= 11 is -1.96. The summed E-state index contributed by atoms with van der Waals surface area (Å²) in [5, 5.41) is 9.00. The van der Waals surface area contributed by atoms with Crippen LogP contribution in [0.15, 0.2) is 35.2 Å². The summed E-state index contributed by atoms with van der Waals surface area (Å²) in [6.07, 6.45) is -2.49. The van der Waals surface area contributed by atoms with Crippen LogP contribution in [0.3, 0.4) is 0 Å². The number of alkyl halides is 4. The number of ether oxygens (including phenoxy) is 1. The maximum absolute atomic E-state index is 15.1. The molecule has 13 heteroatoms. The Morgan fingerprint density at radius 2 is 1.85 bits per heavy atom. The van der Waals surface area contributed by atoms with Crippen molar-refractivity contribution in [3.8, 4) is 17.6 Å². The summed E-state index contributed by atoms with van der Waals surface area (Å²) in [6.45, 7) is 4.63. The van der Waals surface area contributed by atoms with Gasteiger partial charge in [-0.2, -0.15) is 18.4 Å². The largest absolute Gasteiger partial charge is 0.598 e. The molecule has 2 aromatic rings. The van der Waals surface area contributed by atoms with Gasteiger partial charge in [-0.3, -0.25) is 0 Å². The smallest absolute Gasteiger partial charge is 0.501 e. The van der Waals surface area contributed by atoms with E-state index in [4.69, 9.17) is 10.00 Å². The van der Waals surface area contributed by atoms with Crippen LogP contribution in [-0.2, 0) is 27.6 Å². The second kappa shape index (κ2) is 8.99. The quantitative estimate of drug-likeness (QED) is 0.448. The first-order chi connectivity index (χ1) is 15.6. The van der Waals surface area contributed by atoms with Crippen molar-refractivity contribution in [1.29, 1.82) is 5.26 Å². The van der Waals surface area contributed by atoms with Crippen LogP contribution >= 0.6 is 0 Å². The Labute approximate surface area is 196 Å². The minimum absolute atomic E-state index is 0.105. The minimum Gasteiger partial charge on any atom is -0.598 e. The lowest BCUT2D eigenvalue weighted by Crippen LogP contribution is -2.43. The molecule has 1 N–H and O–H groups in total. The number of hydrogen-bond donors (Lipinski definition) is 1. The van der Waals surface area contributed by atoms with Crippen molar-refractivity contribution < 1.29 is 39.7 Å². The Morgan fingerprint density at radius 3 is 2.41 bits per heavy atom. The lowest BCUT2D eigenvalue weighted by atomic mass is 10.1. The number of benzene rings is 2. The molecule has 0 aliphatic heterocycles. The molecule has 6 nitrogen and oxygen atoms in total. The molecule has 0 bridgehead atoms. The van der Waals surface area contributed by atoms with Crippen LogP contribution in [0.2, 0.25) is 0 Å². The molecule has 34 heavy (non-hydrogen) atoms. The highest BCUT2D eigenvalue weighted by Crippen LogP contribution is 2.46. The number of nitrogens with zero attached hydrogens (tertiary/aromatic N) is 1. The number of rotatable bonds is 5. The maximum atomic E-state index is 15.1. The third-order valence-corrected chi connectivity index (χ3v) is 8.08. The monoisotopic (exact) mass is 522 g/mol. The minimum atomic E-state index is -5.90. The number of sulfone groups is 1. The molecule has 1 unspecified atom stereocenters.